The Hall–Kier alpha value is -1.99. The third kappa shape index (κ3) is 4.89. The smallest absolute Gasteiger partial charge is 0.253 e. The van der Waals surface area contributed by atoms with Crippen molar-refractivity contribution in [2.24, 2.45) is 5.92 Å². The standard InChI is InChI=1S/C20H23ClFN3O2S/c1-12(2)18(26)23-9-15-11-28-19(24-15)14-4-3-7-25(10-14)20(27)13-5-6-17(22)16(21)8-13/h5-6,8,11-12,14H,3-4,7,9-10H2,1-2H3,(H,23,26). The summed E-state index contributed by atoms with van der Waals surface area (Å²) < 4.78 is 13.4. The van der Waals surface area contributed by atoms with Crippen molar-refractivity contribution >= 4 is 34.8 Å². The summed E-state index contributed by atoms with van der Waals surface area (Å²) in [7, 11) is 0. The molecule has 0 radical (unpaired) electrons. The van der Waals surface area contributed by atoms with Crippen molar-refractivity contribution in [1.29, 1.82) is 0 Å². The molecule has 1 aromatic heterocycles. The number of hydrogen-bond donors (Lipinski definition) is 1. The minimum Gasteiger partial charge on any atom is -0.350 e. The van der Waals surface area contributed by atoms with Crippen LogP contribution in [0.2, 0.25) is 5.02 Å². The lowest BCUT2D eigenvalue weighted by molar-refractivity contribution is -0.124. The number of thiazole rings is 1. The molecule has 1 aliphatic heterocycles. The van der Waals surface area contributed by atoms with Crippen LogP contribution < -0.4 is 5.32 Å². The molecule has 5 nitrogen and oxygen atoms in total. The molecule has 1 unspecified atom stereocenters. The summed E-state index contributed by atoms with van der Waals surface area (Å²) in [5, 5.41) is 5.75. The Labute approximate surface area is 172 Å². The second-order valence-electron chi connectivity index (χ2n) is 7.27. The summed E-state index contributed by atoms with van der Waals surface area (Å²) in [4.78, 5) is 30.9. The number of likely N-dealkylation sites (tertiary alicyclic amines) is 1. The van der Waals surface area contributed by atoms with E-state index < -0.39 is 5.82 Å². The Balaban J connectivity index is 1.64. The second kappa shape index (κ2) is 9.01. The molecule has 2 aromatic rings. The van der Waals surface area contributed by atoms with Gasteiger partial charge < -0.3 is 10.2 Å². The van der Waals surface area contributed by atoms with E-state index in [9.17, 15) is 14.0 Å². The van der Waals surface area contributed by atoms with E-state index in [1.54, 1.807) is 16.2 Å². The van der Waals surface area contributed by atoms with Crippen LogP contribution in [0.5, 0.6) is 0 Å². The number of aromatic nitrogens is 1. The Morgan fingerprint density at radius 3 is 2.93 bits per heavy atom. The molecular formula is C20H23ClFN3O2S. The highest BCUT2D eigenvalue weighted by Crippen LogP contribution is 2.30. The molecule has 1 aromatic carbocycles. The first kappa shape index (κ1) is 20.7. The van der Waals surface area contributed by atoms with Crippen molar-refractivity contribution < 1.29 is 14.0 Å². The van der Waals surface area contributed by atoms with Gasteiger partial charge >= 0.3 is 0 Å². The maximum Gasteiger partial charge on any atom is 0.253 e. The van der Waals surface area contributed by atoms with E-state index >= 15 is 0 Å². The Morgan fingerprint density at radius 2 is 2.21 bits per heavy atom. The third-order valence-corrected chi connectivity index (χ3v) is 6.11. The summed E-state index contributed by atoms with van der Waals surface area (Å²) in [5.74, 6) is -0.576. The quantitative estimate of drug-likeness (QED) is 0.782. The number of carbonyl (C=O) groups excluding carboxylic acids is 2. The fourth-order valence-corrected chi connectivity index (χ4v) is 4.28. The molecule has 1 fully saturated rings. The molecule has 8 heteroatoms. The molecule has 0 spiro atoms. The zero-order valence-electron chi connectivity index (χ0n) is 15.9. The Morgan fingerprint density at radius 1 is 1.43 bits per heavy atom. The molecule has 2 heterocycles. The predicted molar refractivity (Wildman–Crippen MR) is 108 cm³/mol. The number of halogens is 2. The van der Waals surface area contributed by atoms with Gasteiger partial charge in [0.25, 0.3) is 5.91 Å². The first-order chi connectivity index (χ1) is 13.3. The highest BCUT2D eigenvalue weighted by Gasteiger charge is 2.27. The van der Waals surface area contributed by atoms with Crippen LogP contribution in [0, 0.1) is 11.7 Å². The van der Waals surface area contributed by atoms with Crippen LogP contribution in [0.15, 0.2) is 23.6 Å². The zero-order valence-corrected chi connectivity index (χ0v) is 17.4. The van der Waals surface area contributed by atoms with Crippen LogP contribution >= 0.6 is 22.9 Å². The van der Waals surface area contributed by atoms with Gasteiger partial charge in [-0.05, 0) is 31.0 Å². The largest absolute Gasteiger partial charge is 0.350 e. The van der Waals surface area contributed by atoms with Gasteiger partial charge in [-0.3, -0.25) is 9.59 Å². The molecule has 2 amide bonds. The average molecular weight is 424 g/mol. The predicted octanol–water partition coefficient (Wildman–Crippen LogP) is 4.23. The molecule has 1 saturated heterocycles. The van der Waals surface area contributed by atoms with E-state index in [-0.39, 0.29) is 28.7 Å². The van der Waals surface area contributed by atoms with Crippen molar-refractivity contribution in [2.45, 2.75) is 39.2 Å². The van der Waals surface area contributed by atoms with E-state index in [0.29, 0.717) is 25.2 Å². The number of rotatable bonds is 5. The number of hydrogen-bond acceptors (Lipinski definition) is 4. The summed E-state index contributed by atoms with van der Waals surface area (Å²) in [5.41, 5.74) is 1.23. The molecule has 28 heavy (non-hydrogen) atoms. The maximum atomic E-state index is 13.4. The summed E-state index contributed by atoms with van der Waals surface area (Å²) in [6.07, 6.45) is 1.84. The van der Waals surface area contributed by atoms with E-state index in [1.807, 2.05) is 19.2 Å². The van der Waals surface area contributed by atoms with Crippen LogP contribution in [0.1, 0.15) is 53.7 Å². The molecule has 1 atom stereocenters. The van der Waals surface area contributed by atoms with Crippen molar-refractivity contribution in [3.8, 4) is 0 Å². The molecule has 1 aliphatic rings. The fourth-order valence-electron chi connectivity index (χ4n) is 3.15. The second-order valence-corrected chi connectivity index (χ2v) is 8.57. The van der Waals surface area contributed by atoms with E-state index in [0.717, 1.165) is 23.5 Å². The van der Waals surface area contributed by atoms with Crippen LogP contribution in [-0.4, -0.2) is 34.8 Å². The van der Waals surface area contributed by atoms with E-state index in [4.69, 9.17) is 11.6 Å². The first-order valence-electron chi connectivity index (χ1n) is 9.31. The highest BCUT2D eigenvalue weighted by atomic mass is 35.5. The van der Waals surface area contributed by atoms with E-state index in [2.05, 4.69) is 10.3 Å². The third-order valence-electron chi connectivity index (χ3n) is 4.76. The fraction of sp³-hybridized carbons (Fsp3) is 0.450. The number of nitrogens with one attached hydrogen (secondary N) is 1. The Kier molecular flexibility index (Phi) is 6.67. The minimum absolute atomic E-state index is 0.00180. The first-order valence-corrected chi connectivity index (χ1v) is 10.6. The van der Waals surface area contributed by atoms with Gasteiger partial charge in [-0.1, -0.05) is 25.4 Å². The topological polar surface area (TPSA) is 62.3 Å². The number of carbonyl (C=O) groups is 2. The summed E-state index contributed by atoms with van der Waals surface area (Å²) in [6.45, 7) is 5.34. The monoisotopic (exact) mass is 423 g/mol. The van der Waals surface area contributed by atoms with Crippen LogP contribution in [-0.2, 0) is 11.3 Å². The van der Waals surface area contributed by atoms with E-state index in [1.165, 1.54) is 18.2 Å². The summed E-state index contributed by atoms with van der Waals surface area (Å²) >= 11 is 7.37. The van der Waals surface area contributed by atoms with Gasteiger partial charge in [0.05, 0.1) is 22.3 Å². The number of piperidine rings is 1. The van der Waals surface area contributed by atoms with Gasteiger partial charge in [-0.25, -0.2) is 9.37 Å². The molecule has 0 bridgehead atoms. The average Bonchev–Trinajstić information content (AvgIpc) is 3.16. The van der Waals surface area contributed by atoms with Gasteiger partial charge in [-0.2, -0.15) is 0 Å². The molecule has 0 saturated carbocycles. The SMILES string of the molecule is CC(C)C(=O)NCc1csc(C2CCCN(C(=O)c3ccc(F)c(Cl)c3)C2)n1. The lowest BCUT2D eigenvalue weighted by atomic mass is 9.98. The number of nitrogens with zero attached hydrogens (tertiary/aromatic N) is 2. The molecule has 150 valence electrons. The maximum absolute atomic E-state index is 13.4. The van der Waals surface area contributed by atoms with Crippen LogP contribution in [0.25, 0.3) is 0 Å². The van der Waals surface area contributed by atoms with Crippen LogP contribution in [0.4, 0.5) is 4.39 Å². The van der Waals surface area contributed by atoms with Gasteiger partial charge in [0.2, 0.25) is 5.91 Å². The number of benzene rings is 1. The lowest BCUT2D eigenvalue weighted by Gasteiger charge is -2.32. The molecule has 0 aliphatic carbocycles. The van der Waals surface area contributed by atoms with Crippen molar-refractivity contribution in [3.63, 3.8) is 0 Å². The minimum atomic E-state index is -0.533. The zero-order chi connectivity index (χ0) is 20.3. The highest BCUT2D eigenvalue weighted by molar-refractivity contribution is 7.09. The molecular weight excluding hydrogens is 401 g/mol. The van der Waals surface area contributed by atoms with Crippen molar-refractivity contribution in [1.82, 2.24) is 15.2 Å². The van der Waals surface area contributed by atoms with Crippen molar-refractivity contribution in [2.75, 3.05) is 13.1 Å². The van der Waals surface area contributed by atoms with Crippen molar-refractivity contribution in [3.05, 3.63) is 50.7 Å². The Bertz CT molecular complexity index is 871. The molecule has 1 N–H and O–H groups in total. The van der Waals surface area contributed by atoms with Crippen LogP contribution in [0.3, 0.4) is 0 Å². The van der Waals surface area contributed by atoms with Gasteiger partial charge in [0.1, 0.15) is 5.82 Å². The lowest BCUT2D eigenvalue weighted by Crippen LogP contribution is -2.39. The van der Waals surface area contributed by atoms with Gasteiger partial charge in [-0.15, -0.1) is 11.3 Å². The molecule has 3 rings (SSSR count). The number of amides is 2. The van der Waals surface area contributed by atoms with Gasteiger partial charge in [0, 0.05) is 35.9 Å². The summed E-state index contributed by atoms with van der Waals surface area (Å²) in [6, 6.07) is 4.06. The normalized spacial score (nSPS) is 17.0. The van der Waals surface area contributed by atoms with Gasteiger partial charge in [0.15, 0.2) is 0 Å².